The molecular formula is C13H15FO4S. The van der Waals surface area contributed by atoms with Gasteiger partial charge in [-0.05, 0) is 25.1 Å². The summed E-state index contributed by atoms with van der Waals surface area (Å²) in [4.78, 5) is 22.0. The number of ketones is 1. The molecule has 0 radical (unpaired) electrons. The Kier molecular flexibility index (Phi) is 5.65. The van der Waals surface area contributed by atoms with Crippen LogP contribution in [0, 0.1) is 5.82 Å². The first-order valence-corrected chi connectivity index (χ1v) is 6.61. The average molecular weight is 286 g/mol. The number of aliphatic hydroxyl groups is 2. The molecule has 0 saturated carbocycles. The standard InChI is InChI=1S/C13H15FO4S/c1-7(15)9-3-4-11(14)10(5-9)13(18)12(17)6-19-8(2)16/h3-5,12-13,17-18H,6H2,1-2H3. The van der Waals surface area contributed by atoms with E-state index in [0.717, 1.165) is 17.8 Å². The van der Waals surface area contributed by atoms with Gasteiger partial charge in [-0.15, -0.1) is 0 Å². The lowest BCUT2D eigenvalue weighted by Crippen LogP contribution is -2.22. The maximum Gasteiger partial charge on any atom is 0.185 e. The number of halogens is 1. The van der Waals surface area contributed by atoms with Crippen molar-refractivity contribution in [3.8, 4) is 0 Å². The summed E-state index contributed by atoms with van der Waals surface area (Å²) >= 11 is 0.840. The van der Waals surface area contributed by atoms with Crippen molar-refractivity contribution in [2.75, 3.05) is 5.75 Å². The first-order chi connectivity index (χ1) is 8.82. The molecule has 0 bridgehead atoms. The summed E-state index contributed by atoms with van der Waals surface area (Å²) in [5.74, 6) is -1.01. The molecule has 0 aromatic heterocycles. The number of aliphatic hydroxyl groups excluding tert-OH is 2. The fraction of sp³-hybridized carbons (Fsp3) is 0.385. The van der Waals surface area contributed by atoms with Crippen LogP contribution >= 0.6 is 11.8 Å². The van der Waals surface area contributed by atoms with Gasteiger partial charge in [-0.2, -0.15) is 0 Å². The van der Waals surface area contributed by atoms with Crippen molar-refractivity contribution < 1.29 is 24.2 Å². The van der Waals surface area contributed by atoms with Crippen LogP contribution in [0.1, 0.15) is 35.9 Å². The van der Waals surface area contributed by atoms with Crippen molar-refractivity contribution in [3.05, 3.63) is 35.1 Å². The number of rotatable bonds is 5. The second-order valence-electron chi connectivity index (χ2n) is 4.11. The van der Waals surface area contributed by atoms with Crippen LogP contribution in [-0.2, 0) is 4.79 Å². The van der Waals surface area contributed by atoms with Crippen LogP contribution in [0.25, 0.3) is 0 Å². The van der Waals surface area contributed by atoms with E-state index >= 15 is 0 Å². The van der Waals surface area contributed by atoms with Crippen LogP contribution in [0.4, 0.5) is 4.39 Å². The average Bonchev–Trinajstić information content (AvgIpc) is 2.35. The Bertz CT molecular complexity index is 490. The third kappa shape index (κ3) is 4.41. The van der Waals surface area contributed by atoms with Gasteiger partial charge in [0.15, 0.2) is 10.9 Å². The molecule has 0 aliphatic heterocycles. The highest BCUT2D eigenvalue weighted by molar-refractivity contribution is 8.13. The predicted molar refractivity (Wildman–Crippen MR) is 70.5 cm³/mol. The topological polar surface area (TPSA) is 74.6 Å². The lowest BCUT2D eigenvalue weighted by atomic mass is 10.0. The molecular weight excluding hydrogens is 271 g/mol. The molecule has 1 aromatic carbocycles. The van der Waals surface area contributed by atoms with Crippen molar-refractivity contribution in [2.24, 2.45) is 0 Å². The molecule has 0 heterocycles. The molecule has 0 saturated heterocycles. The number of hydrogen-bond acceptors (Lipinski definition) is 5. The van der Waals surface area contributed by atoms with E-state index < -0.39 is 18.0 Å². The van der Waals surface area contributed by atoms with Crippen molar-refractivity contribution in [3.63, 3.8) is 0 Å². The minimum absolute atomic E-state index is 0.0414. The second kappa shape index (κ2) is 6.79. The molecule has 0 spiro atoms. The van der Waals surface area contributed by atoms with Gasteiger partial charge in [0.25, 0.3) is 0 Å². The SMILES string of the molecule is CC(=O)SCC(O)C(O)c1cc(C(C)=O)ccc1F. The van der Waals surface area contributed by atoms with Gasteiger partial charge in [-0.1, -0.05) is 11.8 Å². The Morgan fingerprint density at radius 2 is 1.95 bits per heavy atom. The van der Waals surface area contributed by atoms with Crippen LogP contribution in [0.5, 0.6) is 0 Å². The Morgan fingerprint density at radius 1 is 1.32 bits per heavy atom. The zero-order valence-electron chi connectivity index (χ0n) is 10.6. The van der Waals surface area contributed by atoms with Gasteiger partial charge >= 0.3 is 0 Å². The van der Waals surface area contributed by atoms with E-state index in [4.69, 9.17) is 0 Å². The Balaban J connectivity index is 2.91. The predicted octanol–water partition coefficient (Wildman–Crippen LogP) is 1.70. The lowest BCUT2D eigenvalue weighted by molar-refractivity contribution is -0.109. The van der Waals surface area contributed by atoms with E-state index in [9.17, 15) is 24.2 Å². The first kappa shape index (κ1) is 15.8. The zero-order valence-corrected chi connectivity index (χ0v) is 11.4. The summed E-state index contributed by atoms with van der Waals surface area (Å²) < 4.78 is 13.6. The number of thioether (sulfide) groups is 1. The Hall–Kier alpha value is -1.24. The normalized spacial score (nSPS) is 13.9. The van der Waals surface area contributed by atoms with Crippen LogP contribution < -0.4 is 0 Å². The number of hydrogen-bond donors (Lipinski definition) is 2. The summed E-state index contributed by atoms with van der Waals surface area (Å²) in [5.41, 5.74) is 0.103. The third-order valence-electron chi connectivity index (χ3n) is 2.54. The molecule has 0 amide bonds. The van der Waals surface area contributed by atoms with Gasteiger partial charge in [0, 0.05) is 23.8 Å². The summed E-state index contributed by atoms with van der Waals surface area (Å²) in [6.45, 7) is 2.66. The number of carbonyl (C=O) groups excluding carboxylic acids is 2. The Labute approximate surface area is 114 Å². The summed E-state index contributed by atoms with van der Waals surface area (Å²) in [6.07, 6.45) is -2.77. The number of Topliss-reactive ketones (excluding diaryl/α,β-unsaturated/α-hetero) is 1. The van der Waals surface area contributed by atoms with Crippen LogP contribution in [0.15, 0.2) is 18.2 Å². The van der Waals surface area contributed by atoms with Crippen molar-refractivity contribution in [1.82, 2.24) is 0 Å². The molecule has 19 heavy (non-hydrogen) atoms. The van der Waals surface area contributed by atoms with E-state index in [-0.39, 0.29) is 27.8 Å². The molecule has 6 heteroatoms. The van der Waals surface area contributed by atoms with Gasteiger partial charge in [0.2, 0.25) is 0 Å². The minimum Gasteiger partial charge on any atom is -0.389 e. The molecule has 4 nitrogen and oxygen atoms in total. The highest BCUT2D eigenvalue weighted by Gasteiger charge is 2.23. The van der Waals surface area contributed by atoms with E-state index in [0.29, 0.717) is 0 Å². The molecule has 2 N–H and O–H groups in total. The third-order valence-corrected chi connectivity index (χ3v) is 3.46. The van der Waals surface area contributed by atoms with E-state index in [1.165, 1.54) is 26.0 Å². The number of carbonyl (C=O) groups is 2. The highest BCUT2D eigenvalue weighted by atomic mass is 32.2. The van der Waals surface area contributed by atoms with Crippen LogP contribution in [0.2, 0.25) is 0 Å². The highest BCUT2D eigenvalue weighted by Crippen LogP contribution is 2.24. The van der Waals surface area contributed by atoms with Crippen molar-refractivity contribution in [2.45, 2.75) is 26.1 Å². The van der Waals surface area contributed by atoms with E-state index in [1.54, 1.807) is 0 Å². The largest absolute Gasteiger partial charge is 0.389 e. The molecule has 104 valence electrons. The molecule has 0 fully saturated rings. The van der Waals surface area contributed by atoms with Crippen LogP contribution in [-0.4, -0.2) is 33.0 Å². The lowest BCUT2D eigenvalue weighted by Gasteiger charge is -2.18. The van der Waals surface area contributed by atoms with E-state index in [2.05, 4.69) is 0 Å². The van der Waals surface area contributed by atoms with Gasteiger partial charge in [0.1, 0.15) is 11.9 Å². The minimum atomic E-state index is -1.48. The summed E-state index contributed by atoms with van der Waals surface area (Å²) in [7, 11) is 0. The molecule has 1 aromatic rings. The summed E-state index contributed by atoms with van der Waals surface area (Å²) in [6, 6.07) is 3.59. The fourth-order valence-corrected chi connectivity index (χ4v) is 2.08. The quantitative estimate of drug-likeness (QED) is 0.806. The smallest absolute Gasteiger partial charge is 0.185 e. The van der Waals surface area contributed by atoms with Gasteiger partial charge in [0.05, 0.1) is 6.10 Å². The molecule has 2 atom stereocenters. The zero-order chi connectivity index (χ0) is 14.6. The summed E-state index contributed by atoms with van der Waals surface area (Å²) in [5, 5.41) is 19.4. The fourth-order valence-electron chi connectivity index (χ4n) is 1.49. The van der Waals surface area contributed by atoms with Gasteiger partial charge in [-0.25, -0.2) is 4.39 Å². The maximum absolute atomic E-state index is 13.6. The molecule has 1 rings (SSSR count). The molecule has 0 aliphatic rings. The van der Waals surface area contributed by atoms with Gasteiger partial charge in [-0.3, -0.25) is 9.59 Å². The second-order valence-corrected chi connectivity index (χ2v) is 5.30. The Morgan fingerprint density at radius 3 is 2.47 bits per heavy atom. The molecule has 2 unspecified atom stereocenters. The van der Waals surface area contributed by atoms with E-state index in [1.807, 2.05) is 0 Å². The van der Waals surface area contributed by atoms with Crippen LogP contribution in [0.3, 0.4) is 0 Å². The maximum atomic E-state index is 13.6. The monoisotopic (exact) mass is 286 g/mol. The van der Waals surface area contributed by atoms with Crippen molar-refractivity contribution >= 4 is 22.7 Å². The molecule has 0 aliphatic carbocycles. The van der Waals surface area contributed by atoms with Crippen molar-refractivity contribution in [1.29, 1.82) is 0 Å². The van der Waals surface area contributed by atoms with Gasteiger partial charge < -0.3 is 10.2 Å². The first-order valence-electron chi connectivity index (χ1n) is 5.62. The number of benzene rings is 1.